The topological polar surface area (TPSA) is 79.4 Å². The molecule has 126 valence electrons. The molecule has 0 saturated carbocycles. The van der Waals surface area contributed by atoms with E-state index in [9.17, 15) is 4.79 Å². The van der Waals surface area contributed by atoms with Crippen molar-refractivity contribution < 1.29 is 9.53 Å². The molecule has 3 rings (SSSR count). The summed E-state index contributed by atoms with van der Waals surface area (Å²) in [5.41, 5.74) is 1.24. The van der Waals surface area contributed by atoms with Crippen molar-refractivity contribution in [1.29, 1.82) is 0 Å². The molecule has 0 aliphatic carbocycles. The van der Waals surface area contributed by atoms with Gasteiger partial charge in [-0.25, -0.2) is 14.8 Å². The van der Waals surface area contributed by atoms with E-state index in [4.69, 9.17) is 4.74 Å². The highest BCUT2D eigenvalue weighted by atomic mass is 16.5. The third-order valence-corrected chi connectivity index (χ3v) is 3.89. The first-order valence-electron chi connectivity index (χ1n) is 8.03. The highest BCUT2D eigenvalue weighted by molar-refractivity contribution is 5.99. The Morgan fingerprint density at radius 2 is 1.67 bits per heavy atom. The SMILES string of the molecule is COc1ccc(NC(=O)Nc2ccc(N3CCCCC3)nc2)cn1. The van der Waals surface area contributed by atoms with E-state index in [1.807, 2.05) is 12.1 Å². The van der Waals surface area contributed by atoms with E-state index >= 15 is 0 Å². The number of nitrogens with one attached hydrogen (secondary N) is 2. The molecule has 0 radical (unpaired) electrons. The van der Waals surface area contributed by atoms with Gasteiger partial charge in [-0.2, -0.15) is 0 Å². The van der Waals surface area contributed by atoms with E-state index in [0.29, 0.717) is 17.3 Å². The first-order valence-corrected chi connectivity index (χ1v) is 8.03. The minimum atomic E-state index is -0.338. The Labute approximate surface area is 141 Å². The molecule has 1 aliphatic heterocycles. The van der Waals surface area contributed by atoms with Gasteiger partial charge in [-0.3, -0.25) is 0 Å². The Balaban J connectivity index is 1.55. The van der Waals surface area contributed by atoms with Gasteiger partial charge in [-0.1, -0.05) is 0 Å². The number of piperidine rings is 1. The van der Waals surface area contributed by atoms with Crippen LogP contribution in [0.4, 0.5) is 22.0 Å². The summed E-state index contributed by atoms with van der Waals surface area (Å²) < 4.78 is 4.98. The van der Waals surface area contributed by atoms with Crippen molar-refractivity contribution in [2.24, 2.45) is 0 Å². The molecule has 0 aromatic carbocycles. The lowest BCUT2D eigenvalue weighted by Gasteiger charge is -2.27. The summed E-state index contributed by atoms with van der Waals surface area (Å²) in [4.78, 5) is 22.8. The second kappa shape index (κ2) is 7.63. The maximum atomic E-state index is 12.0. The highest BCUT2D eigenvalue weighted by Gasteiger charge is 2.12. The number of hydrogen-bond donors (Lipinski definition) is 2. The molecule has 2 amide bonds. The van der Waals surface area contributed by atoms with Gasteiger partial charge < -0.3 is 20.3 Å². The van der Waals surface area contributed by atoms with Gasteiger partial charge in [-0.15, -0.1) is 0 Å². The van der Waals surface area contributed by atoms with E-state index in [1.54, 1.807) is 25.4 Å². The summed E-state index contributed by atoms with van der Waals surface area (Å²) in [6.07, 6.45) is 6.92. The zero-order chi connectivity index (χ0) is 16.8. The molecule has 2 aromatic heterocycles. The molecule has 7 nitrogen and oxygen atoms in total. The van der Waals surface area contributed by atoms with E-state index in [2.05, 4.69) is 25.5 Å². The van der Waals surface area contributed by atoms with Crippen molar-refractivity contribution in [3.63, 3.8) is 0 Å². The zero-order valence-electron chi connectivity index (χ0n) is 13.7. The van der Waals surface area contributed by atoms with Crippen molar-refractivity contribution in [3.05, 3.63) is 36.7 Å². The van der Waals surface area contributed by atoms with Crippen LogP contribution in [0.5, 0.6) is 5.88 Å². The zero-order valence-corrected chi connectivity index (χ0v) is 13.7. The van der Waals surface area contributed by atoms with Gasteiger partial charge in [0.2, 0.25) is 5.88 Å². The van der Waals surface area contributed by atoms with E-state index in [1.165, 1.54) is 25.5 Å². The number of urea groups is 1. The summed E-state index contributed by atoms with van der Waals surface area (Å²) in [6, 6.07) is 6.88. The number of ether oxygens (including phenoxy) is 1. The number of rotatable bonds is 4. The minimum absolute atomic E-state index is 0.338. The Hall–Kier alpha value is -2.83. The minimum Gasteiger partial charge on any atom is -0.481 e. The predicted molar refractivity (Wildman–Crippen MR) is 93.7 cm³/mol. The van der Waals surface area contributed by atoms with Gasteiger partial charge in [0.15, 0.2) is 0 Å². The Morgan fingerprint density at radius 3 is 2.21 bits per heavy atom. The fourth-order valence-corrected chi connectivity index (χ4v) is 2.64. The first-order chi connectivity index (χ1) is 11.7. The molecule has 24 heavy (non-hydrogen) atoms. The van der Waals surface area contributed by atoms with Crippen LogP contribution in [0, 0.1) is 0 Å². The van der Waals surface area contributed by atoms with Crippen molar-refractivity contribution in [3.8, 4) is 5.88 Å². The van der Waals surface area contributed by atoms with E-state index < -0.39 is 0 Å². The Kier molecular flexibility index (Phi) is 5.10. The molecule has 7 heteroatoms. The summed E-state index contributed by atoms with van der Waals surface area (Å²) in [5, 5.41) is 5.47. The number of amides is 2. The molecule has 0 unspecified atom stereocenters. The number of carbonyl (C=O) groups excluding carboxylic acids is 1. The van der Waals surface area contributed by atoms with Crippen molar-refractivity contribution in [2.45, 2.75) is 19.3 Å². The standard InChI is InChI=1S/C17H21N5O2/c1-24-16-8-6-14(12-19-16)21-17(23)20-13-5-7-15(18-11-13)22-9-3-2-4-10-22/h5-8,11-12H,2-4,9-10H2,1H3,(H2,20,21,23). The smallest absolute Gasteiger partial charge is 0.323 e. The molecule has 1 aliphatic rings. The summed E-state index contributed by atoms with van der Waals surface area (Å²) in [6.45, 7) is 2.09. The van der Waals surface area contributed by atoms with Gasteiger partial charge in [0.25, 0.3) is 0 Å². The average Bonchev–Trinajstić information content (AvgIpc) is 2.64. The van der Waals surface area contributed by atoms with Crippen LogP contribution in [0.2, 0.25) is 0 Å². The maximum Gasteiger partial charge on any atom is 0.323 e. The molecular formula is C17H21N5O2. The fourth-order valence-electron chi connectivity index (χ4n) is 2.64. The Morgan fingerprint density at radius 1 is 1.00 bits per heavy atom. The lowest BCUT2D eigenvalue weighted by molar-refractivity contribution is 0.262. The molecule has 3 heterocycles. The lowest BCUT2D eigenvalue weighted by Crippen LogP contribution is -2.30. The van der Waals surface area contributed by atoms with Gasteiger partial charge >= 0.3 is 6.03 Å². The Bertz CT molecular complexity index is 666. The van der Waals surface area contributed by atoms with Gasteiger partial charge in [0, 0.05) is 19.2 Å². The third kappa shape index (κ3) is 4.13. The predicted octanol–water partition coefficient (Wildman–Crippen LogP) is 3.12. The summed E-state index contributed by atoms with van der Waals surface area (Å²) in [7, 11) is 1.54. The average molecular weight is 327 g/mol. The van der Waals surface area contributed by atoms with Gasteiger partial charge in [-0.05, 0) is 37.5 Å². The molecule has 2 aromatic rings. The molecule has 0 atom stereocenters. The number of methoxy groups -OCH3 is 1. The van der Waals surface area contributed by atoms with Crippen LogP contribution in [-0.4, -0.2) is 36.2 Å². The molecule has 1 fully saturated rings. The summed E-state index contributed by atoms with van der Waals surface area (Å²) in [5.74, 6) is 1.46. The van der Waals surface area contributed by atoms with Crippen molar-refractivity contribution in [2.75, 3.05) is 35.7 Å². The van der Waals surface area contributed by atoms with Crippen LogP contribution in [0.15, 0.2) is 36.7 Å². The lowest BCUT2D eigenvalue weighted by atomic mass is 10.1. The second-order valence-corrected chi connectivity index (χ2v) is 5.62. The van der Waals surface area contributed by atoms with Crippen LogP contribution in [-0.2, 0) is 0 Å². The van der Waals surface area contributed by atoms with Crippen LogP contribution >= 0.6 is 0 Å². The van der Waals surface area contributed by atoms with Crippen molar-refractivity contribution >= 4 is 23.2 Å². The molecule has 0 bridgehead atoms. The number of hydrogen-bond acceptors (Lipinski definition) is 5. The van der Waals surface area contributed by atoms with E-state index in [0.717, 1.165) is 18.9 Å². The fraction of sp³-hybridized carbons (Fsp3) is 0.353. The van der Waals surface area contributed by atoms with Crippen LogP contribution in [0.25, 0.3) is 0 Å². The maximum absolute atomic E-state index is 12.0. The molecule has 2 N–H and O–H groups in total. The van der Waals surface area contributed by atoms with Crippen LogP contribution in [0.3, 0.4) is 0 Å². The van der Waals surface area contributed by atoms with Crippen LogP contribution < -0.4 is 20.3 Å². The number of aromatic nitrogens is 2. The number of carbonyl (C=O) groups is 1. The monoisotopic (exact) mass is 327 g/mol. The number of anilines is 3. The number of nitrogens with zero attached hydrogens (tertiary/aromatic N) is 3. The quantitative estimate of drug-likeness (QED) is 0.902. The van der Waals surface area contributed by atoms with E-state index in [-0.39, 0.29) is 6.03 Å². The number of pyridine rings is 2. The first kappa shape index (κ1) is 16.0. The molecular weight excluding hydrogens is 306 g/mol. The van der Waals surface area contributed by atoms with Gasteiger partial charge in [0.05, 0.1) is 30.9 Å². The highest BCUT2D eigenvalue weighted by Crippen LogP contribution is 2.19. The molecule has 0 spiro atoms. The van der Waals surface area contributed by atoms with Gasteiger partial charge in [0.1, 0.15) is 5.82 Å². The third-order valence-electron chi connectivity index (χ3n) is 3.89. The van der Waals surface area contributed by atoms with Crippen molar-refractivity contribution in [1.82, 2.24) is 9.97 Å². The normalized spacial score (nSPS) is 14.1. The largest absolute Gasteiger partial charge is 0.481 e. The van der Waals surface area contributed by atoms with Crippen LogP contribution in [0.1, 0.15) is 19.3 Å². The summed E-state index contributed by atoms with van der Waals surface area (Å²) >= 11 is 0. The molecule has 1 saturated heterocycles. The second-order valence-electron chi connectivity index (χ2n) is 5.62.